The summed E-state index contributed by atoms with van der Waals surface area (Å²) < 4.78 is 1.95. The molecule has 0 atom stereocenters. The van der Waals surface area contributed by atoms with Crippen LogP contribution in [0.1, 0.15) is 72.0 Å². The predicted molar refractivity (Wildman–Crippen MR) is 152 cm³/mol. The maximum absolute atomic E-state index is 13.6. The van der Waals surface area contributed by atoms with Gasteiger partial charge in [0, 0.05) is 31.6 Å². The van der Waals surface area contributed by atoms with Gasteiger partial charge in [0.25, 0.3) is 5.91 Å². The lowest BCUT2D eigenvalue weighted by atomic mass is 10.0. The molecule has 0 unspecified atom stereocenters. The summed E-state index contributed by atoms with van der Waals surface area (Å²) in [5.74, 6) is 0.948. The smallest absolute Gasteiger partial charge is 0.274 e. The molecule has 2 aromatic carbocycles. The van der Waals surface area contributed by atoms with Gasteiger partial charge in [-0.05, 0) is 54.5 Å². The van der Waals surface area contributed by atoms with Gasteiger partial charge in [0.15, 0.2) is 11.5 Å². The molecule has 37 heavy (non-hydrogen) atoms. The molecular weight excluding hydrogens is 484 g/mol. The predicted octanol–water partition coefficient (Wildman–Crippen LogP) is 6.62. The van der Waals surface area contributed by atoms with Gasteiger partial charge in [-0.3, -0.25) is 9.59 Å². The van der Waals surface area contributed by atoms with Gasteiger partial charge in [0.1, 0.15) is 5.82 Å². The van der Waals surface area contributed by atoms with Crippen molar-refractivity contribution in [3.05, 3.63) is 88.3 Å². The number of hydrogen-bond donors (Lipinski definition) is 1. The van der Waals surface area contributed by atoms with Crippen LogP contribution < -0.4 is 5.32 Å². The third-order valence-corrected chi connectivity index (χ3v) is 6.70. The van der Waals surface area contributed by atoms with Gasteiger partial charge in [-0.15, -0.1) is 0 Å². The van der Waals surface area contributed by atoms with E-state index in [9.17, 15) is 9.59 Å². The highest BCUT2D eigenvalue weighted by atomic mass is 35.5. The molecule has 7 heteroatoms. The van der Waals surface area contributed by atoms with Crippen molar-refractivity contribution in [1.82, 2.24) is 14.5 Å². The number of amides is 2. The Hall–Kier alpha value is -3.38. The van der Waals surface area contributed by atoms with Crippen LogP contribution >= 0.6 is 11.6 Å². The number of carbonyl (C=O) groups excluding carboxylic acids is 2. The van der Waals surface area contributed by atoms with E-state index in [4.69, 9.17) is 16.6 Å². The number of aromatic nitrogens is 2. The van der Waals surface area contributed by atoms with Crippen LogP contribution in [-0.4, -0.2) is 40.4 Å². The standard InChI is InChI=1S/C30H37ClN4O2/c1-4-6-9-19-34(3)30(37)28-29(32-22-36)33-27(35(28)21-25-15-17-26(31)18-16-25)14-8-7-11-24-13-10-12-23(5-2)20-24/h5,10,12-13,15-18,20,22H,2,4,6-9,11,14,19,21H2,1,3H3,(H,32,36). The van der Waals surface area contributed by atoms with E-state index in [2.05, 4.69) is 37.0 Å². The van der Waals surface area contributed by atoms with Crippen molar-refractivity contribution in [2.45, 2.75) is 58.4 Å². The molecule has 0 aliphatic heterocycles. The Balaban J connectivity index is 1.85. The topological polar surface area (TPSA) is 67.2 Å². The fourth-order valence-electron chi connectivity index (χ4n) is 4.38. The molecule has 3 aromatic rings. The summed E-state index contributed by atoms with van der Waals surface area (Å²) in [6.07, 6.45) is 9.02. The minimum atomic E-state index is -0.144. The molecular formula is C30H37ClN4O2. The number of nitrogens with one attached hydrogen (secondary N) is 1. The summed E-state index contributed by atoms with van der Waals surface area (Å²) in [7, 11) is 1.80. The third-order valence-electron chi connectivity index (χ3n) is 6.45. The molecule has 0 radical (unpaired) electrons. The van der Waals surface area contributed by atoms with Gasteiger partial charge >= 0.3 is 0 Å². The molecule has 0 fully saturated rings. The zero-order valence-electron chi connectivity index (χ0n) is 21.9. The summed E-state index contributed by atoms with van der Waals surface area (Å²) in [5.41, 5.74) is 3.81. The Kier molecular flexibility index (Phi) is 11.0. The third kappa shape index (κ3) is 8.05. The maximum atomic E-state index is 13.6. The fourth-order valence-corrected chi connectivity index (χ4v) is 4.50. The number of halogens is 1. The van der Waals surface area contributed by atoms with Crippen molar-refractivity contribution in [2.75, 3.05) is 18.9 Å². The summed E-state index contributed by atoms with van der Waals surface area (Å²) >= 11 is 6.09. The van der Waals surface area contributed by atoms with Crippen LogP contribution in [0, 0.1) is 0 Å². The first-order valence-electron chi connectivity index (χ1n) is 13.0. The van der Waals surface area contributed by atoms with Crippen LogP contribution in [-0.2, 0) is 24.2 Å². The number of anilines is 1. The van der Waals surface area contributed by atoms with Crippen LogP contribution in [0.25, 0.3) is 6.08 Å². The minimum absolute atomic E-state index is 0.144. The van der Waals surface area contributed by atoms with Gasteiger partial charge in [0.2, 0.25) is 6.41 Å². The van der Waals surface area contributed by atoms with E-state index in [0.717, 1.165) is 55.5 Å². The van der Waals surface area contributed by atoms with E-state index in [1.807, 2.05) is 41.0 Å². The lowest BCUT2D eigenvalue weighted by molar-refractivity contribution is -0.105. The van der Waals surface area contributed by atoms with Gasteiger partial charge in [-0.1, -0.05) is 80.4 Å². The first kappa shape index (κ1) is 28.2. The molecule has 0 spiro atoms. The Labute approximate surface area is 225 Å². The lowest BCUT2D eigenvalue weighted by Crippen LogP contribution is -2.30. The SMILES string of the molecule is C=Cc1cccc(CCCCc2nc(NC=O)c(C(=O)N(C)CCCCC)n2Cc2ccc(Cl)cc2)c1. The zero-order chi connectivity index (χ0) is 26.6. The van der Waals surface area contributed by atoms with Crippen molar-refractivity contribution in [2.24, 2.45) is 0 Å². The van der Waals surface area contributed by atoms with Crippen molar-refractivity contribution >= 4 is 35.8 Å². The quantitative estimate of drug-likeness (QED) is 0.181. The number of carbonyl (C=O) groups is 2. The van der Waals surface area contributed by atoms with Crippen LogP contribution in [0.4, 0.5) is 5.82 Å². The molecule has 6 nitrogen and oxygen atoms in total. The van der Waals surface area contributed by atoms with Gasteiger partial charge in [-0.2, -0.15) is 0 Å². The maximum Gasteiger partial charge on any atom is 0.274 e. The van der Waals surface area contributed by atoms with Crippen molar-refractivity contribution < 1.29 is 9.59 Å². The van der Waals surface area contributed by atoms with E-state index in [1.54, 1.807) is 11.9 Å². The molecule has 196 valence electrons. The van der Waals surface area contributed by atoms with E-state index < -0.39 is 0 Å². The highest BCUT2D eigenvalue weighted by molar-refractivity contribution is 6.30. The second kappa shape index (κ2) is 14.4. The van der Waals surface area contributed by atoms with Gasteiger partial charge in [-0.25, -0.2) is 4.98 Å². The molecule has 2 amide bonds. The summed E-state index contributed by atoms with van der Waals surface area (Å²) in [5, 5.41) is 3.33. The number of aryl methyl sites for hydroxylation is 2. The summed E-state index contributed by atoms with van der Waals surface area (Å²) in [4.78, 5) is 31.4. The van der Waals surface area contributed by atoms with Crippen molar-refractivity contribution in [3.8, 4) is 0 Å². The highest BCUT2D eigenvalue weighted by Gasteiger charge is 2.25. The number of imidazole rings is 1. The molecule has 0 saturated heterocycles. The fraction of sp³-hybridized carbons (Fsp3) is 0.367. The largest absolute Gasteiger partial charge is 0.340 e. The van der Waals surface area contributed by atoms with Crippen LogP contribution in [0.3, 0.4) is 0 Å². The van der Waals surface area contributed by atoms with E-state index in [0.29, 0.717) is 42.5 Å². The first-order chi connectivity index (χ1) is 18.0. The summed E-state index contributed by atoms with van der Waals surface area (Å²) in [6, 6.07) is 16.0. The van der Waals surface area contributed by atoms with Crippen molar-refractivity contribution in [3.63, 3.8) is 0 Å². The molecule has 0 aliphatic carbocycles. The number of unbranched alkanes of at least 4 members (excludes halogenated alkanes) is 3. The minimum Gasteiger partial charge on any atom is -0.340 e. The van der Waals surface area contributed by atoms with E-state index >= 15 is 0 Å². The molecule has 0 aliphatic rings. The molecule has 3 rings (SSSR count). The monoisotopic (exact) mass is 520 g/mol. The number of rotatable bonds is 15. The Bertz CT molecular complexity index is 1190. The van der Waals surface area contributed by atoms with Crippen LogP contribution in [0.2, 0.25) is 5.02 Å². The Morgan fingerprint density at radius 2 is 1.84 bits per heavy atom. The molecule has 1 aromatic heterocycles. The molecule has 1 N–H and O–H groups in total. The highest BCUT2D eigenvalue weighted by Crippen LogP contribution is 2.23. The van der Waals surface area contributed by atoms with Gasteiger partial charge in [0.05, 0.1) is 0 Å². The Morgan fingerprint density at radius 1 is 1.08 bits per heavy atom. The van der Waals surface area contributed by atoms with E-state index in [1.165, 1.54) is 5.56 Å². The van der Waals surface area contributed by atoms with Crippen molar-refractivity contribution in [1.29, 1.82) is 0 Å². The van der Waals surface area contributed by atoms with Crippen LogP contribution in [0.15, 0.2) is 55.1 Å². The molecule has 1 heterocycles. The number of nitrogens with zero attached hydrogens (tertiary/aromatic N) is 3. The zero-order valence-corrected chi connectivity index (χ0v) is 22.6. The van der Waals surface area contributed by atoms with E-state index in [-0.39, 0.29) is 5.91 Å². The second-order valence-electron chi connectivity index (χ2n) is 9.29. The summed E-state index contributed by atoms with van der Waals surface area (Å²) in [6.45, 7) is 7.10. The lowest BCUT2D eigenvalue weighted by Gasteiger charge is -2.19. The average Bonchev–Trinajstić information content (AvgIpc) is 3.24. The molecule has 0 saturated carbocycles. The van der Waals surface area contributed by atoms with Gasteiger partial charge < -0.3 is 14.8 Å². The average molecular weight is 521 g/mol. The molecule has 0 bridgehead atoms. The first-order valence-corrected chi connectivity index (χ1v) is 13.4. The number of benzene rings is 2. The second-order valence-corrected chi connectivity index (χ2v) is 9.73. The normalized spacial score (nSPS) is 10.8. The Morgan fingerprint density at radius 3 is 2.54 bits per heavy atom. The number of hydrogen-bond acceptors (Lipinski definition) is 3. The van der Waals surface area contributed by atoms with Crippen LogP contribution in [0.5, 0.6) is 0 Å².